The Kier molecular flexibility index (Phi) is 9.56. The molecule has 0 aliphatic carbocycles. The van der Waals surface area contributed by atoms with Gasteiger partial charge in [-0.15, -0.1) is 0 Å². The topological polar surface area (TPSA) is 168 Å². The van der Waals surface area contributed by atoms with E-state index in [-0.39, 0.29) is 30.2 Å². The van der Waals surface area contributed by atoms with Crippen LogP contribution in [0.15, 0.2) is 48.8 Å². The number of imidazole rings is 1. The van der Waals surface area contributed by atoms with E-state index in [2.05, 4.69) is 25.4 Å². The van der Waals surface area contributed by atoms with Crippen LogP contribution in [0, 0.1) is 5.41 Å². The van der Waals surface area contributed by atoms with Crippen molar-refractivity contribution >= 4 is 58.1 Å². The fourth-order valence-corrected chi connectivity index (χ4v) is 7.42. The lowest BCUT2D eigenvalue weighted by Crippen LogP contribution is -2.41. The molecule has 46 heavy (non-hydrogen) atoms. The SMILES string of the molecule is CNc1nc(N)nc2c1ncn2[C@@H]1O[C@H](CO[P@@](=S)(N[C@@H](C)C(=O)OCC(C)(C)C)Oc2cccc3ccccc23)[C@@H](O)[C@@]1(C)F. The van der Waals surface area contributed by atoms with E-state index >= 15 is 4.39 Å². The number of anilines is 2. The minimum absolute atomic E-state index is 0.0508. The molecule has 6 atom stereocenters. The first-order valence-corrected chi connectivity index (χ1v) is 17.3. The summed E-state index contributed by atoms with van der Waals surface area (Å²) in [6.45, 7) is 4.89. The number of hydrogen-bond acceptors (Lipinski definition) is 12. The van der Waals surface area contributed by atoms with Crippen molar-refractivity contribution in [1.82, 2.24) is 24.6 Å². The maximum absolute atomic E-state index is 16.2. The molecule has 5 N–H and O–H groups in total. The highest BCUT2D eigenvalue weighted by Gasteiger charge is 2.56. The van der Waals surface area contributed by atoms with E-state index in [4.69, 9.17) is 36.1 Å². The normalized spacial score (nSPS) is 23.7. The minimum atomic E-state index is -3.57. The predicted octanol–water partition coefficient (Wildman–Crippen LogP) is 4.48. The number of aliphatic hydroxyl groups excluding tert-OH is 1. The summed E-state index contributed by atoms with van der Waals surface area (Å²) in [5.74, 6) is 0.183. The number of alkyl halides is 1. The highest BCUT2D eigenvalue weighted by molar-refractivity contribution is 8.09. The Morgan fingerprint density at radius 2 is 1.98 bits per heavy atom. The second kappa shape index (κ2) is 13.0. The zero-order chi connectivity index (χ0) is 33.4. The molecule has 5 rings (SSSR count). The summed E-state index contributed by atoms with van der Waals surface area (Å²) in [5.41, 5.74) is 3.88. The Balaban J connectivity index is 1.40. The van der Waals surface area contributed by atoms with E-state index in [0.717, 1.165) is 10.8 Å². The number of rotatable bonds is 11. The van der Waals surface area contributed by atoms with Gasteiger partial charge in [0.1, 0.15) is 24.0 Å². The lowest BCUT2D eigenvalue weighted by molar-refractivity contribution is -0.148. The molecule has 0 unspecified atom stereocenters. The number of benzene rings is 2. The largest absolute Gasteiger partial charge is 0.464 e. The number of esters is 1. The first kappa shape index (κ1) is 33.9. The summed E-state index contributed by atoms with van der Waals surface area (Å²) in [6.07, 6.45) is -2.84. The van der Waals surface area contributed by atoms with Crippen LogP contribution in [0.2, 0.25) is 0 Å². The third-order valence-corrected chi connectivity index (χ3v) is 9.86. The molecule has 16 heteroatoms. The zero-order valence-electron chi connectivity index (χ0n) is 26.4. The quantitative estimate of drug-likeness (QED) is 0.130. The number of fused-ring (bicyclic) bond motifs is 2. The Labute approximate surface area is 271 Å². The number of aromatic nitrogens is 4. The third-order valence-electron chi connectivity index (χ3n) is 7.37. The molecule has 1 aliphatic rings. The molecular weight excluding hydrogens is 636 g/mol. The molecule has 0 spiro atoms. The van der Waals surface area contributed by atoms with Crippen LogP contribution in [0.3, 0.4) is 0 Å². The molecule has 0 bridgehead atoms. The maximum atomic E-state index is 16.2. The van der Waals surface area contributed by atoms with Crippen molar-refractivity contribution in [3.63, 3.8) is 0 Å². The second-order valence-electron chi connectivity index (χ2n) is 12.5. The van der Waals surface area contributed by atoms with E-state index in [1.807, 2.05) is 57.2 Å². The Hall–Kier alpha value is -3.46. The number of aliphatic hydroxyl groups is 1. The number of nitrogens with zero attached hydrogens (tertiary/aromatic N) is 4. The van der Waals surface area contributed by atoms with Gasteiger partial charge in [0.05, 0.1) is 19.5 Å². The number of carbonyl (C=O) groups excluding carboxylic acids is 1. The van der Waals surface area contributed by atoms with Crippen LogP contribution in [0.1, 0.15) is 40.8 Å². The Bertz CT molecular complexity index is 1780. The third kappa shape index (κ3) is 7.09. The summed E-state index contributed by atoms with van der Waals surface area (Å²) in [4.78, 5) is 25.5. The molecule has 0 saturated carbocycles. The Morgan fingerprint density at radius 3 is 2.70 bits per heavy atom. The van der Waals surface area contributed by atoms with Gasteiger partial charge in [-0.2, -0.15) is 9.97 Å². The van der Waals surface area contributed by atoms with Crippen molar-refractivity contribution in [2.24, 2.45) is 5.41 Å². The molecule has 1 aliphatic heterocycles. The molecule has 248 valence electrons. The molecule has 0 amide bonds. The number of halogens is 1. The van der Waals surface area contributed by atoms with Crippen LogP contribution in [0.25, 0.3) is 21.9 Å². The summed E-state index contributed by atoms with van der Waals surface area (Å²) in [6, 6.07) is 12.1. The van der Waals surface area contributed by atoms with Crippen LogP contribution in [-0.2, 0) is 30.6 Å². The number of hydrogen-bond donors (Lipinski definition) is 4. The van der Waals surface area contributed by atoms with Crippen molar-refractivity contribution in [1.29, 1.82) is 0 Å². The van der Waals surface area contributed by atoms with Gasteiger partial charge in [-0.1, -0.05) is 57.2 Å². The maximum Gasteiger partial charge on any atom is 0.323 e. The van der Waals surface area contributed by atoms with Gasteiger partial charge >= 0.3 is 12.6 Å². The average Bonchev–Trinajstić information content (AvgIpc) is 3.51. The minimum Gasteiger partial charge on any atom is -0.464 e. The number of nitrogens with two attached hydrogens (primary N) is 1. The van der Waals surface area contributed by atoms with Gasteiger partial charge in [-0.3, -0.25) is 9.36 Å². The zero-order valence-corrected chi connectivity index (χ0v) is 28.1. The van der Waals surface area contributed by atoms with Gasteiger partial charge in [0, 0.05) is 12.4 Å². The first-order chi connectivity index (χ1) is 21.6. The smallest absolute Gasteiger partial charge is 0.323 e. The van der Waals surface area contributed by atoms with E-state index in [0.29, 0.717) is 17.1 Å². The first-order valence-electron chi connectivity index (χ1n) is 14.7. The van der Waals surface area contributed by atoms with E-state index < -0.39 is 42.8 Å². The molecule has 13 nitrogen and oxygen atoms in total. The number of ether oxygens (including phenoxy) is 2. The van der Waals surface area contributed by atoms with Crippen LogP contribution in [-0.4, -0.2) is 74.8 Å². The molecular formula is C30H39FN7O6PS. The van der Waals surface area contributed by atoms with Crippen molar-refractivity contribution in [2.45, 2.75) is 64.8 Å². The molecule has 2 aromatic carbocycles. The van der Waals surface area contributed by atoms with Gasteiger partial charge in [0.2, 0.25) is 5.95 Å². The van der Waals surface area contributed by atoms with Gasteiger partial charge in [0.15, 0.2) is 28.9 Å². The summed E-state index contributed by atoms with van der Waals surface area (Å²) < 4.78 is 41.6. The fourth-order valence-electron chi connectivity index (χ4n) is 5.00. The van der Waals surface area contributed by atoms with E-state index in [1.54, 1.807) is 20.0 Å². The summed E-state index contributed by atoms with van der Waals surface area (Å²) in [5, 5.41) is 18.7. The van der Waals surface area contributed by atoms with Crippen LogP contribution in [0.5, 0.6) is 5.75 Å². The summed E-state index contributed by atoms with van der Waals surface area (Å²) >= 11 is 5.91. The van der Waals surface area contributed by atoms with Gasteiger partial charge in [-0.25, -0.2) is 14.5 Å². The molecule has 1 fully saturated rings. The number of nitrogen functional groups attached to an aromatic ring is 1. The van der Waals surface area contributed by atoms with Crippen molar-refractivity contribution in [2.75, 3.05) is 31.3 Å². The second-order valence-corrected chi connectivity index (χ2v) is 15.6. The number of carbonyl (C=O) groups is 1. The monoisotopic (exact) mass is 675 g/mol. The molecule has 1 saturated heterocycles. The van der Waals surface area contributed by atoms with E-state index in [1.165, 1.54) is 17.8 Å². The van der Waals surface area contributed by atoms with Gasteiger partial charge < -0.3 is 34.7 Å². The van der Waals surface area contributed by atoms with Crippen LogP contribution < -0.4 is 20.7 Å². The van der Waals surface area contributed by atoms with E-state index in [9.17, 15) is 9.90 Å². The predicted molar refractivity (Wildman–Crippen MR) is 177 cm³/mol. The molecule has 4 aromatic rings. The van der Waals surface area contributed by atoms with Crippen LogP contribution >= 0.6 is 6.64 Å². The molecule has 3 heterocycles. The fraction of sp³-hybridized carbons (Fsp3) is 0.467. The summed E-state index contributed by atoms with van der Waals surface area (Å²) in [7, 11) is 1.65. The highest BCUT2D eigenvalue weighted by atomic mass is 32.5. The van der Waals surface area contributed by atoms with Crippen LogP contribution in [0.4, 0.5) is 16.2 Å². The van der Waals surface area contributed by atoms with Crippen molar-refractivity contribution in [3.8, 4) is 5.75 Å². The van der Waals surface area contributed by atoms with Gasteiger partial charge in [-0.05, 0) is 42.5 Å². The lowest BCUT2D eigenvalue weighted by Gasteiger charge is -2.29. The van der Waals surface area contributed by atoms with Crippen molar-refractivity contribution < 1.29 is 32.8 Å². The standard InChI is InChI=1S/C30H39FN7O6PS/c1-17(26(40)41-15-29(2,3)4)37-45(46,44-20-13-9-11-18-10-7-8-12-19(18)20)42-14-21-23(39)30(5,31)27(43-21)38-16-34-22-24(33-6)35-28(32)36-25(22)38/h7-13,16-17,21,23,27,39H,14-15H2,1-6H3,(H,37,46)(H3,32,33,35,36)/t17-,21+,23+,27+,30+,45-/m0/s1. The lowest BCUT2D eigenvalue weighted by atomic mass is 9.98. The molecule has 0 radical (unpaired) electrons. The average molecular weight is 676 g/mol. The van der Waals surface area contributed by atoms with Gasteiger partial charge in [0.25, 0.3) is 0 Å². The molecule has 2 aromatic heterocycles. The Morgan fingerprint density at radius 1 is 1.26 bits per heavy atom. The number of nitrogens with one attached hydrogen (secondary N) is 2. The van der Waals surface area contributed by atoms with Crippen molar-refractivity contribution in [3.05, 3.63) is 48.8 Å². The highest BCUT2D eigenvalue weighted by Crippen LogP contribution is 2.49.